The summed E-state index contributed by atoms with van der Waals surface area (Å²) in [4.78, 5) is 27.7. The smallest absolute Gasteiger partial charge is 0.274 e. The Bertz CT molecular complexity index is 855. The lowest BCUT2D eigenvalue weighted by Crippen LogP contribution is -2.43. The van der Waals surface area contributed by atoms with Gasteiger partial charge in [-0.2, -0.15) is 5.10 Å². The molecule has 148 valence electrons. The van der Waals surface area contributed by atoms with E-state index in [1.54, 1.807) is 6.07 Å². The summed E-state index contributed by atoms with van der Waals surface area (Å²) in [5.41, 5.74) is 6.24. The predicted molar refractivity (Wildman–Crippen MR) is 110 cm³/mol. The molecule has 0 saturated carbocycles. The second-order valence-corrected chi connectivity index (χ2v) is 7.76. The third-order valence-corrected chi connectivity index (χ3v) is 5.18. The van der Waals surface area contributed by atoms with E-state index in [0.717, 1.165) is 12.8 Å². The van der Waals surface area contributed by atoms with Crippen LogP contribution < -0.4 is 11.3 Å². The molecule has 1 fully saturated rings. The van der Waals surface area contributed by atoms with E-state index in [-0.39, 0.29) is 35.8 Å². The van der Waals surface area contributed by atoms with Crippen LogP contribution in [0.2, 0.25) is 0 Å². The maximum absolute atomic E-state index is 13.2. The van der Waals surface area contributed by atoms with Gasteiger partial charge in [-0.05, 0) is 37.7 Å². The molecule has 6 nitrogen and oxygen atoms in total. The highest BCUT2D eigenvalue weighted by atomic mass is 35.5. The standard InChI is InChI=1S/C20H28N4O2.ClH/c1-13(2)12-24-19(25)17-7-5-4-6-16(17)18(22-24)20(26)23-10-8-15(9-11-23)14(3)21;/h4-7,13-15H,8-12,21H2,1-3H3;1H. The molecule has 0 bridgehead atoms. The third-order valence-electron chi connectivity index (χ3n) is 5.18. The molecule has 1 atom stereocenters. The Hall–Kier alpha value is -1.92. The molecule has 1 aromatic heterocycles. The van der Waals surface area contributed by atoms with Gasteiger partial charge < -0.3 is 10.6 Å². The SMILES string of the molecule is CC(C)Cn1nc(C(=O)N2CCC(C(C)N)CC2)c2ccccc2c1=O.Cl. The molecule has 1 saturated heterocycles. The Morgan fingerprint density at radius 1 is 1.19 bits per heavy atom. The highest BCUT2D eigenvalue weighted by molar-refractivity contribution is 6.04. The minimum absolute atomic E-state index is 0. The van der Waals surface area contributed by atoms with Crippen LogP contribution in [0.3, 0.4) is 0 Å². The molecular weight excluding hydrogens is 364 g/mol. The fourth-order valence-corrected chi connectivity index (χ4v) is 3.64. The molecule has 2 N–H and O–H groups in total. The molecule has 1 amide bonds. The number of benzene rings is 1. The van der Waals surface area contributed by atoms with E-state index in [4.69, 9.17) is 5.73 Å². The number of carbonyl (C=O) groups excluding carboxylic acids is 1. The minimum Gasteiger partial charge on any atom is -0.337 e. The van der Waals surface area contributed by atoms with Gasteiger partial charge in [-0.3, -0.25) is 9.59 Å². The van der Waals surface area contributed by atoms with Gasteiger partial charge in [0.2, 0.25) is 0 Å². The number of nitrogens with two attached hydrogens (primary N) is 1. The first-order valence-corrected chi connectivity index (χ1v) is 9.43. The number of hydrogen-bond acceptors (Lipinski definition) is 4. The van der Waals surface area contributed by atoms with Crippen molar-refractivity contribution in [2.75, 3.05) is 13.1 Å². The molecule has 2 heterocycles. The zero-order valence-electron chi connectivity index (χ0n) is 16.2. The summed E-state index contributed by atoms with van der Waals surface area (Å²) in [6.07, 6.45) is 1.82. The third kappa shape index (κ3) is 4.50. The van der Waals surface area contributed by atoms with Crippen molar-refractivity contribution in [3.8, 4) is 0 Å². The average molecular weight is 393 g/mol. The molecule has 1 aromatic carbocycles. The van der Waals surface area contributed by atoms with Crippen molar-refractivity contribution in [3.63, 3.8) is 0 Å². The molecule has 0 spiro atoms. The van der Waals surface area contributed by atoms with Gasteiger partial charge in [0.15, 0.2) is 5.69 Å². The number of amides is 1. The van der Waals surface area contributed by atoms with E-state index in [1.807, 2.05) is 43.9 Å². The van der Waals surface area contributed by atoms with Crippen LogP contribution in [0.4, 0.5) is 0 Å². The Morgan fingerprint density at radius 2 is 1.78 bits per heavy atom. The monoisotopic (exact) mass is 392 g/mol. The molecule has 3 rings (SSSR count). The van der Waals surface area contributed by atoms with Crippen LogP contribution in [0, 0.1) is 11.8 Å². The van der Waals surface area contributed by atoms with E-state index in [0.29, 0.717) is 42.0 Å². The molecule has 1 unspecified atom stereocenters. The summed E-state index contributed by atoms with van der Waals surface area (Å²) in [5.74, 6) is 0.631. The Balaban J connectivity index is 0.00000261. The lowest BCUT2D eigenvalue weighted by atomic mass is 9.91. The first-order valence-electron chi connectivity index (χ1n) is 9.43. The van der Waals surface area contributed by atoms with E-state index in [1.165, 1.54) is 4.68 Å². The van der Waals surface area contributed by atoms with Gasteiger partial charge in [0.05, 0.1) is 5.39 Å². The quantitative estimate of drug-likeness (QED) is 0.867. The highest BCUT2D eigenvalue weighted by Crippen LogP contribution is 2.22. The van der Waals surface area contributed by atoms with Crippen LogP contribution in [0.25, 0.3) is 10.8 Å². The Morgan fingerprint density at radius 3 is 2.33 bits per heavy atom. The van der Waals surface area contributed by atoms with Crippen LogP contribution in [-0.2, 0) is 6.54 Å². The Labute approximate surface area is 166 Å². The first kappa shape index (κ1) is 21.4. The van der Waals surface area contributed by atoms with Crippen molar-refractivity contribution in [1.82, 2.24) is 14.7 Å². The summed E-state index contributed by atoms with van der Waals surface area (Å²) in [7, 11) is 0. The summed E-state index contributed by atoms with van der Waals surface area (Å²) < 4.78 is 1.44. The van der Waals surface area contributed by atoms with Crippen LogP contribution in [0.15, 0.2) is 29.1 Å². The van der Waals surface area contributed by atoms with Crippen molar-refractivity contribution in [3.05, 3.63) is 40.3 Å². The molecule has 1 aliphatic rings. The number of halogens is 1. The summed E-state index contributed by atoms with van der Waals surface area (Å²) in [6.45, 7) is 7.96. The molecule has 0 aliphatic carbocycles. The molecule has 27 heavy (non-hydrogen) atoms. The normalized spacial score (nSPS) is 16.4. The largest absolute Gasteiger partial charge is 0.337 e. The van der Waals surface area contributed by atoms with Gasteiger partial charge in [-0.25, -0.2) is 4.68 Å². The van der Waals surface area contributed by atoms with Crippen molar-refractivity contribution in [1.29, 1.82) is 0 Å². The van der Waals surface area contributed by atoms with E-state index >= 15 is 0 Å². The van der Waals surface area contributed by atoms with Crippen molar-refractivity contribution < 1.29 is 4.79 Å². The second-order valence-electron chi connectivity index (χ2n) is 7.76. The zero-order chi connectivity index (χ0) is 18.8. The van der Waals surface area contributed by atoms with Crippen molar-refractivity contribution >= 4 is 29.1 Å². The van der Waals surface area contributed by atoms with Crippen LogP contribution in [-0.4, -0.2) is 39.7 Å². The van der Waals surface area contributed by atoms with Gasteiger partial charge in [0.25, 0.3) is 11.5 Å². The van der Waals surface area contributed by atoms with E-state index in [2.05, 4.69) is 5.10 Å². The molecule has 7 heteroatoms. The number of fused-ring (bicyclic) bond motifs is 1. The fourth-order valence-electron chi connectivity index (χ4n) is 3.64. The van der Waals surface area contributed by atoms with Gasteiger partial charge in [0.1, 0.15) is 0 Å². The van der Waals surface area contributed by atoms with Crippen LogP contribution >= 0.6 is 12.4 Å². The Kier molecular flexibility index (Phi) is 7.00. The zero-order valence-corrected chi connectivity index (χ0v) is 17.0. The molecule has 0 radical (unpaired) electrons. The predicted octanol–water partition coefficient (Wildman–Crippen LogP) is 2.67. The fraction of sp³-hybridized carbons (Fsp3) is 0.550. The van der Waals surface area contributed by atoms with Gasteiger partial charge in [0, 0.05) is 31.1 Å². The molecule has 1 aliphatic heterocycles. The number of nitrogens with zero attached hydrogens (tertiary/aromatic N) is 3. The van der Waals surface area contributed by atoms with Gasteiger partial charge in [-0.1, -0.05) is 32.0 Å². The number of likely N-dealkylation sites (tertiary alicyclic amines) is 1. The number of hydrogen-bond donors (Lipinski definition) is 1. The van der Waals surface area contributed by atoms with E-state index in [9.17, 15) is 9.59 Å². The number of aromatic nitrogens is 2. The lowest BCUT2D eigenvalue weighted by molar-refractivity contribution is 0.0674. The molecular formula is C20H29ClN4O2. The minimum atomic E-state index is -0.137. The summed E-state index contributed by atoms with van der Waals surface area (Å²) >= 11 is 0. The van der Waals surface area contributed by atoms with E-state index < -0.39 is 0 Å². The van der Waals surface area contributed by atoms with Gasteiger partial charge >= 0.3 is 0 Å². The average Bonchev–Trinajstić information content (AvgIpc) is 2.63. The second kappa shape index (κ2) is 8.85. The van der Waals surface area contributed by atoms with Crippen LogP contribution in [0.1, 0.15) is 44.1 Å². The lowest BCUT2D eigenvalue weighted by Gasteiger charge is -2.33. The van der Waals surface area contributed by atoms with Crippen LogP contribution in [0.5, 0.6) is 0 Å². The summed E-state index contributed by atoms with van der Waals surface area (Å²) in [5, 5.41) is 5.65. The van der Waals surface area contributed by atoms with Crippen molar-refractivity contribution in [2.24, 2.45) is 17.6 Å². The maximum Gasteiger partial charge on any atom is 0.274 e. The number of carbonyl (C=O) groups is 1. The topological polar surface area (TPSA) is 81.2 Å². The highest BCUT2D eigenvalue weighted by Gasteiger charge is 2.28. The number of rotatable bonds is 4. The maximum atomic E-state index is 13.2. The van der Waals surface area contributed by atoms with Crippen molar-refractivity contribution in [2.45, 2.75) is 46.2 Å². The molecule has 2 aromatic rings. The van der Waals surface area contributed by atoms with Gasteiger partial charge in [-0.15, -0.1) is 12.4 Å². The first-order chi connectivity index (χ1) is 12.4. The summed E-state index contributed by atoms with van der Waals surface area (Å²) in [6, 6.07) is 7.40. The number of piperidine rings is 1.